The molecule has 5 heteroatoms. The molecule has 2 atom stereocenters. The molecule has 0 radical (unpaired) electrons. The second kappa shape index (κ2) is 14.4. The Morgan fingerprint density at radius 1 is 1.21 bits per heavy atom. The van der Waals surface area contributed by atoms with Gasteiger partial charge in [-0.15, -0.1) is 0 Å². The van der Waals surface area contributed by atoms with E-state index in [4.69, 9.17) is 9.47 Å². The third-order valence-corrected chi connectivity index (χ3v) is 5.98. The van der Waals surface area contributed by atoms with Crippen molar-refractivity contribution in [1.82, 2.24) is 0 Å². The van der Waals surface area contributed by atoms with Gasteiger partial charge in [0.05, 0.1) is 13.5 Å². The van der Waals surface area contributed by atoms with Crippen LogP contribution in [0.2, 0.25) is 0 Å². The quantitative estimate of drug-likeness (QED) is 0.223. The maximum absolute atomic E-state index is 12.2. The van der Waals surface area contributed by atoms with Crippen molar-refractivity contribution in [3.05, 3.63) is 59.7 Å². The predicted molar refractivity (Wildman–Crippen MR) is 138 cm³/mol. The van der Waals surface area contributed by atoms with E-state index in [9.17, 15) is 14.7 Å². The van der Waals surface area contributed by atoms with Gasteiger partial charge in [-0.2, -0.15) is 0 Å². The van der Waals surface area contributed by atoms with Crippen molar-refractivity contribution in [2.75, 3.05) is 7.11 Å². The number of ketones is 1. The third-order valence-electron chi connectivity index (χ3n) is 5.98. The molecule has 34 heavy (non-hydrogen) atoms. The summed E-state index contributed by atoms with van der Waals surface area (Å²) in [5, 5.41) is 9.81. The molecule has 188 valence electrons. The fourth-order valence-corrected chi connectivity index (χ4v) is 3.54. The summed E-state index contributed by atoms with van der Waals surface area (Å²) in [4.78, 5) is 23.9. The smallest absolute Gasteiger partial charge is 0.310 e. The highest BCUT2D eigenvalue weighted by atomic mass is 16.5. The van der Waals surface area contributed by atoms with Crippen molar-refractivity contribution in [3.8, 4) is 11.5 Å². The molecule has 0 heterocycles. The topological polar surface area (TPSA) is 72.8 Å². The van der Waals surface area contributed by atoms with Crippen LogP contribution >= 0.6 is 0 Å². The lowest BCUT2D eigenvalue weighted by molar-refractivity contribution is -0.139. The molecule has 5 nitrogen and oxygen atoms in total. The van der Waals surface area contributed by atoms with Crippen molar-refractivity contribution < 1.29 is 24.2 Å². The van der Waals surface area contributed by atoms with E-state index in [0.29, 0.717) is 29.9 Å². The lowest BCUT2D eigenvalue weighted by atomic mass is 9.94. The van der Waals surface area contributed by atoms with Gasteiger partial charge in [0.25, 0.3) is 0 Å². The number of phenolic OH excluding ortho intramolecular Hbond substituents is 1. The molecule has 1 aromatic rings. The van der Waals surface area contributed by atoms with Crippen LogP contribution in [0.4, 0.5) is 0 Å². The van der Waals surface area contributed by atoms with Gasteiger partial charge in [0.15, 0.2) is 0 Å². The number of aromatic hydroxyl groups is 1. The number of hydrogen-bond donors (Lipinski definition) is 1. The fourth-order valence-electron chi connectivity index (χ4n) is 3.54. The van der Waals surface area contributed by atoms with Crippen LogP contribution in [0.3, 0.4) is 0 Å². The summed E-state index contributed by atoms with van der Waals surface area (Å²) in [5.74, 6) is 0.589. The molecule has 2 unspecified atom stereocenters. The predicted octanol–water partition coefficient (Wildman–Crippen LogP) is 6.89. The number of phenols is 1. The largest absolute Gasteiger partial charge is 0.508 e. The van der Waals surface area contributed by atoms with Crippen molar-refractivity contribution in [2.45, 2.75) is 85.2 Å². The van der Waals surface area contributed by atoms with Gasteiger partial charge in [-0.3, -0.25) is 9.59 Å². The number of rotatable bonds is 15. The van der Waals surface area contributed by atoms with Crippen molar-refractivity contribution in [1.29, 1.82) is 0 Å². The molecule has 0 bridgehead atoms. The summed E-state index contributed by atoms with van der Waals surface area (Å²) in [5.41, 5.74) is 2.41. The number of esters is 1. The van der Waals surface area contributed by atoms with Gasteiger partial charge >= 0.3 is 5.97 Å². The van der Waals surface area contributed by atoms with E-state index in [1.54, 1.807) is 12.1 Å². The Bertz CT molecular complexity index is 892. The van der Waals surface area contributed by atoms with Crippen LogP contribution in [0.5, 0.6) is 11.5 Å². The van der Waals surface area contributed by atoms with Gasteiger partial charge in [0, 0.05) is 17.9 Å². The summed E-state index contributed by atoms with van der Waals surface area (Å²) in [6.07, 6.45) is 10.9. The molecule has 1 rings (SSSR count). The van der Waals surface area contributed by atoms with E-state index in [2.05, 4.69) is 19.6 Å². The fraction of sp³-hybridized carbons (Fsp3) is 0.517. The first-order valence-corrected chi connectivity index (χ1v) is 12.0. The highest BCUT2D eigenvalue weighted by Crippen LogP contribution is 2.30. The van der Waals surface area contributed by atoms with Crippen LogP contribution in [-0.2, 0) is 20.7 Å². The number of ether oxygens (including phenoxy) is 2. The maximum atomic E-state index is 12.2. The van der Waals surface area contributed by atoms with Crippen LogP contribution in [0, 0.1) is 5.92 Å². The number of allylic oxidation sites excluding steroid dienone is 4. The van der Waals surface area contributed by atoms with Crippen LogP contribution in [0.1, 0.15) is 78.7 Å². The Labute approximate surface area is 205 Å². The Kier molecular flexibility index (Phi) is 12.4. The minimum Gasteiger partial charge on any atom is -0.508 e. The van der Waals surface area contributed by atoms with Gasteiger partial charge in [0.1, 0.15) is 22.9 Å². The molecular weight excluding hydrogens is 428 g/mol. The van der Waals surface area contributed by atoms with E-state index >= 15 is 0 Å². The zero-order valence-corrected chi connectivity index (χ0v) is 21.8. The Hall–Kier alpha value is -2.82. The lowest BCUT2D eigenvalue weighted by Gasteiger charge is -2.28. The molecule has 0 fully saturated rings. The molecular formula is C29H42O5. The zero-order valence-electron chi connectivity index (χ0n) is 21.8. The number of carbonyl (C=O) groups excluding carboxylic acids is 2. The molecule has 0 aliphatic rings. The summed E-state index contributed by atoms with van der Waals surface area (Å²) in [6.45, 7) is 14.1. The average molecular weight is 471 g/mol. The van der Waals surface area contributed by atoms with E-state index < -0.39 is 11.6 Å². The number of benzene rings is 1. The minimum absolute atomic E-state index is 0.0156. The first kappa shape index (κ1) is 29.2. The highest BCUT2D eigenvalue weighted by Gasteiger charge is 2.24. The molecule has 0 aromatic heterocycles. The SMILES string of the molecule is C=CC(C)(CCC=C(C)CCCC(C)C(=O)CC=C(C)C)Oc1ccc(O)cc1CC(=O)OC. The third kappa shape index (κ3) is 10.9. The Morgan fingerprint density at radius 3 is 2.53 bits per heavy atom. The minimum atomic E-state index is -0.634. The first-order valence-electron chi connectivity index (χ1n) is 12.0. The van der Waals surface area contributed by atoms with Gasteiger partial charge in [-0.1, -0.05) is 36.8 Å². The maximum Gasteiger partial charge on any atom is 0.310 e. The highest BCUT2D eigenvalue weighted by molar-refractivity contribution is 5.82. The molecule has 0 aliphatic carbocycles. The summed E-state index contributed by atoms with van der Waals surface area (Å²) >= 11 is 0. The summed E-state index contributed by atoms with van der Waals surface area (Å²) in [6, 6.07) is 4.72. The molecule has 0 saturated heterocycles. The molecule has 1 aromatic carbocycles. The van der Waals surface area contributed by atoms with E-state index in [1.165, 1.54) is 30.4 Å². The average Bonchev–Trinajstić information content (AvgIpc) is 2.79. The van der Waals surface area contributed by atoms with Gasteiger partial charge in [-0.25, -0.2) is 0 Å². The second-order valence-electron chi connectivity index (χ2n) is 9.50. The molecule has 0 amide bonds. The van der Waals surface area contributed by atoms with Crippen molar-refractivity contribution in [2.24, 2.45) is 5.92 Å². The van der Waals surface area contributed by atoms with E-state index in [-0.39, 0.29) is 18.1 Å². The number of methoxy groups -OCH3 is 1. The number of hydrogen-bond acceptors (Lipinski definition) is 5. The van der Waals surface area contributed by atoms with Crippen molar-refractivity contribution >= 4 is 11.8 Å². The summed E-state index contributed by atoms with van der Waals surface area (Å²) < 4.78 is 11.0. The van der Waals surface area contributed by atoms with Crippen LogP contribution in [-0.4, -0.2) is 29.6 Å². The second-order valence-corrected chi connectivity index (χ2v) is 9.50. The summed E-state index contributed by atoms with van der Waals surface area (Å²) in [7, 11) is 1.33. The van der Waals surface area contributed by atoms with Gasteiger partial charge in [-0.05, 0) is 84.1 Å². The number of Topliss-reactive ketones (excluding diaryl/α,β-unsaturated/α-hetero) is 1. The Morgan fingerprint density at radius 2 is 1.91 bits per heavy atom. The zero-order chi connectivity index (χ0) is 25.7. The standard InChI is InChI=1S/C29H42O5/c1-8-29(6,34-27-17-15-25(30)19-24(27)20-28(32)33-7)18-10-12-22(4)11-9-13-23(5)26(31)16-14-21(2)3/h8,12,14-15,17,19,23,30H,1,9-11,13,16,18,20H2,2-7H3. The molecule has 0 aliphatic heterocycles. The molecule has 0 saturated carbocycles. The van der Waals surface area contributed by atoms with E-state index in [0.717, 1.165) is 25.7 Å². The van der Waals surface area contributed by atoms with Crippen molar-refractivity contribution in [3.63, 3.8) is 0 Å². The monoisotopic (exact) mass is 470 g/mol. The van der Waals surface area contributed by atoms with Crippen LogP contribution in [0.25, 0.3) is 0 Å². The molecule has 0 spiro atoms. The normalized spacial score (nSPS) is 14.0. The Balaban J connectivity index is 2.63. The first-order chi connectivity index (χ1) is 16.0. The molecule has 1 N–H and O–H groups in total. The van der Waals surface area contributed by atoms with Gasteiger partial charge < -0.3 is 14.6 Å². The van der Waals surface area contributed by atoms with Crippen LogP contribution < -0.4 is 4.74 Å². The van der Waals surface area contributed by atoms with E-state index in [1.807, 2.05) is 33.8 Å². The lowest BCUT2D eigenvalue weighted by Crippen LogP contribution is -2.30. The van der Waals surface area contributed by atoms with Gasteiger partial charge in [0.2, 0.25) is 0 Å². The number of carbonyl (C=O) groups is 2. The van der Waals surface area contributed by atoms with Crippen LogP contribution in [0.15, 0.2) is 54.2 Å².